The first-order valence-electron chi connectivity index (χ1n) is 8.52. The first-order chi connectivity index (χ1) is 13.4. The number of esters is 1. The molecule has 1 atom stereocenters. The van der Waals surface area contributed by atoms with Crippen molar-refractivity contribution in [2.24, 2.45) is 0 Å². The van der Waals surface area contributed by atoms with Gasteiger partial charge >= 0.3 is 5.97 Å². The van der Waals surface area contributed by atoms with Gasteiger partial charge in [0.25, 0.3) is 0 Å². The van der Waals surface area contributed by atoms with Crippen LogP contribution in [-0.4, -0.2) is 26.4 Å². The Labute approximate surface area is 163 Å². The van der Waals surface area contributed by atoms with Gasteiger partial charge in [0.05, 0.1) is 10.5 Å². The summed E-state index contributed by atoms with van der Waals surface area (Å²) < 4.78 is 29.5. The van der Waals surface area contributed by atoms with Crippen molar-refractivity contribution in [3.8, 4) is 0 Å². The van der Waals surface area contributed by atoms with Gasteiger partial charge in [-0.2, -0.15) is 0 Å². The molecule has 0 N–H and O–H groups in total. The molecule has 28 heavy (non-hydrogen) atoms. The molecule has 1 unspecified atom stereocenters. The van der Waals surface area contributed by atoms with Gasteiger partial charge in [0.2, 0.25) is 5.78 Å². The van der Waals surface area contributed by atoms with Crippen molar-refractivity contribution in [1.82, 2.24) is 0 Å². The summed E-state index contributed by atoms with van der Waals surface area (Å²) in [6.07, 6.45) is -0.174. The Kier molecular flexibility index (Phi) is 5.70. The monoisotopic (exact) mass is 394 g/mol. The standard InChI is InChI=1S/C22H18O5S/c1-28(25,26)19-15-9-8-14-18(19)22(24)27-21(17-12-6-3-7-13-17)20(23)16-10-4-2-5-11-16/h2-15,21H,1H3. The van der Waals surface area contributed by atoms with Gasteiger partial charge in [-0.1, -0.05) is 72.8 Å². The molecule has 6 heteroatoms. The summed E-state index contributed by atoms with van der Waals surface area (Å²) in [5, 5.41) is 0. The highest BCUT2D eigenvalue weighted by Crippen LogP contribution is 2.25. The molecule has 3 aromatic rings. The van der Waals surface area contributed by atoms with Crippen LogP contribution in [0.3, 0.4) is 0 Å². The number of ketones is 1. The van der Waals surface area contributed by atoms with Gasteiger partial charge in [-0.05, 0) is 12.1 Å². The largest absolute Gasteiger partial charge is 0.445 e. The molecule has 0 saturated heterocycles. The van der Waals surface area contributed by atoms with E-state index in [0.717, 1.165) is 6.26 Å². The predicted octanol–water partition coefficient (Wildman–Crippen LogP) is 3.87. The smallest absolute Gasteiger partial charge is 0.340 e. The van der Waals surface area contributed by atoms with Crippen LogP contribution < -0.4 is 0 Å². The Morgan fingerprint density at radius 2 is 1.32 bits per heavy atom. The van der Waals surface area contributed by atoms with Gasteiger partial charge in [0, 0.05) is 17.4 Å². The highest BCUT2D eigenvalue weighted by molar-refractivity contribution is 7.90. The van der Waals surface area contributed by atoms with Gasteiger partial charge in [0.15, 0.2) is 15.9 Å². The maximum atomic E-state index is 13.0. The number of rotatable bonds is 6. The minimum atomic E-state index is -3.64. The second kappa shape index (κ2) is 8.19. The summed E-state index contributed by atoms with van der Waals surface area (Å²) in [5.74, 6) is -1.27. The molecule has 142 valence electrons. The molecule has 5 nitrogen and oxygen atoms in total. The lowest BCUT2D eigenvalue weighted by Crippen LogP contribution is -2.21. The molecule has 0 aliphatic rings. The summed E-state index contributed by atoms with van der Waals surface area (Å²) >= 11 is 0. The SMILES string of the molecule is CS(=O)(=O)c1ccccc1C(=O)OC(C(=O)c1ccccc1)c1ccccc1. The van der Waals surface area contributed by atoms with E-state index in [-0.39, 0.29) is 10.5 Å². The molecule has 3 aromatic carbocycles. The maximum absolute atomic E-state index is 13.0. The van der Waals surface area contributed by atoms with E-state index in [1.54, 1.807) is 66.7 Å². The van der Waals surface area contributed by atoms with Gasteiger partial charge in [0.1, 0.15) is 0 Å². The molecule has 3 rings (SSSR count). The molecule has 0 fully saturated rings. The molecular weight excluding hydrogens is 376 g/mol. The number of hydrogen-bond acceptors (Lipinski definition) is 5. The lowest BCUT2D eigenvalue weighted by molar-refractivity contribution is 0.0276. The van der Waals surface area contributed by atoms with E-state index < -0.39 is 27.7 Å². The number of hydrogen-bond donors (Lipinski definition) is 0. The van der Waals surface area contributed by atoms with E-state index >= 15 is 0 Å². The number of benzene rings is 3. The van der Waals surface area contributed by atoms with Crippen molar-refractivity contribution in [3.63, 3.8) is 0 Å². The van der Waals surface area contributed by atoms with Gasteiger partial charge in [-0.25, -0.2) is 13.2 Å². The quantitative estimate of drug-likeness (QED) is 0.468. The zero-order chi connectivity index (χ0) is 20.1. The first-order valence-corrected chi connectivity index (χ1v) is 10.4. The van der Waals surface area contributed by atoms with E-state index in [4.69, 9.17) is 4.74 Å². The zero-order valence-electron chi connectivity index (χ0n) is 15.1. The number of carbonyl (C=O) groups excluding carboxylic acids is 2. The Morgan fingerprint density at radius 1 is 0.786 bits per heavy atom. The normalized spacial score (nSPS) is 12.2. The molecular formula is C22H18O5S. The fourth-order valence-corrected chi connectivity index (χ4v) is 3.66. The van der Waals surface area contributed by atoms with Crippen molar-refractivity contribution in [2.45, 2.75) is 11.0 Å². The Balaban J connectivity index is 2.00. The van der Waals surface area contributed by atoms with Crippen LogP contribution in [0.2, 0.25) is 0 Å². The molecule has 0 heterocycles. The highest BCUT2D eigenvalue weighted by Gasteiger charge is 2.28. The minimum Gasteiger partial charge on any atom is -0.445 e. The van der Waals surface area contributed by atoms with Gasteiger partial charge in [-0.3, -0.25) is 4.79 Å². The summed E-state index contributed by atoms with van der Waals surface area (Å²) in [4.78, 5) is 25.7. The van der Waals surface area contributed by atoms with E-state index in [0.29, 0.717) is 11.1 Å². The second-order valence-corrected chi connectivity index (χ2v) is 8.18. The molecule has 0 amide bonds. The van der Waals surface area contributed by atoms with E-state index in [1.165, 1.54) is 18.2 Å². The van der Waals surface area contributed by atoms with E-state index in [9.17, 15) is 18.0 Å². The molecule has 0 bridgehead atoms. The fourth-order valence-electron chi connectivity index (χ4n) is 2.78. The lowest BCUT2D eigenvalue weighted by Gasteiger charge is -2.18. The van der Waals surface area contributed by atoms with Crippen LogP contribution >= 0.6 is 0 Å². The van der Waals surface area contributed by atoms with Crippen LogP contribution in [0.15, 0.2) is 89.8 Å². The number of ether oxygens (including phenoxy) is 1. The van der Waals surface area contributed by atoms with Crippen molar-refractivity contribution >= 4 is 21.6 Å². The average Bonchev–Trinajstić information content (AvgIpc) is 2.72. The number of carbonyl (C=O) groups is 2. The summed E-state index contributed by atoms with van der Waals surface area (Å²) in [6.45, 7) is 0. The number of sulfone groups is 1. The fraction of sp³-hybridized carbons (Fsp3) is 0.0909. The Morgan fingerprint density at radius 3 is 1.93 bits per heavy atom. The first kappa shape index (κ1) is 19.5. The molecule has 0 aromatic heterocycles. The molecule has 0 spiro atoms. The molecule has 0 aliphatic carbocycles. The van der Waals surface area contributed by atoms with Gasteiger partial charge < -0.3 is 4.74 Å². The highest BCUT2D eigenvalue weighted by atomic mass is 32.2. The van der Waals surface area contributed by atoms with Crippen LogP contribution in [0.1, 0.15) is 32.4 Å². The summed E-state index contributed by atoms with van der Waals surface area (Å²) in [5.41, 5.74) is 0.786. The summed E-state index contributed by atoms with van der Waals surface area (Å²) in [7, 11) is -3.64. The van der Waals surface area contributed by atoms with Crippen LogP contribution in [-0.2, 0) is 14.6 Å². The maximum Gasteiger partial charge on any atom is 0.340 e. The van der Waals surface area contributed by atoms with Crippen molar-refractivity contribution in [3.05, 3.63) is 102 Å². The van der Waals surface area contributed by atoms with Crippen molar-refractivity contribution in [1.29, 1.82) is 0 Å². The third kappa shape index (κ3) is 4.35. The summed E-state index contributed by atoms with van der Waals surface area (Å²) in [6, 6.07) is 22.9. The second-order valence-electron chi connectivity index (χ2n) is 6.19. The van der Waals surface area contributed by atoms with E-state index in [1.807, 2.05) is 0 Å². The average molecular weight is 394 g/mol. The Hall–Kier alpha value is -3.25. The van der Waals surface area contributed by atoms with Gasteiger partial charge in [-0.15, -0.1) is 0 Å². The van der Waals surface area contributed by atoms with Crippen LogP contribution in [0.5, 0.6) is 0 Å². The molecule has 0 saturated carbocycles. The van der Waals surface area contributed by atoms with Crippen LogP contribution in [0, 0.1) is 0 Å². The van der Waals surface area contributed by atoms with Crippen LogP contribution in [0.25, 0.3) is 0 Å². The minimum absolute atomic E-state index is 0.105. The van der Waals surface area contributed by atoms with E-state index in [2.05, 4.69) is 0 Å². The third-order valence-electron chi connectivity index (χ3n) is 4.13. The molecule has 0 radical (unpaired) electrons. The van der Waals surface area contributed by atoms with Crippen LogP contribution in [0.4, 0.5) is 0 Å². The van der Waals surface area contributed by atoms with Crippen molar-refractivity contribution < 1.29 is 22.7 Å². The topological polar surface area (TPSA) is 77.5 Å². The third-order valence-corrected chi connectivity index (χ3v) is 5.29. The number of Topliss-reactive ketones (excluding diaryl/α,β-unsaturated/α-hetero) is 1. The zero-order valence-corrected chi connectivity index (χ0v) is 15.9. The van der Waals surface area contributed by atoms with Crippen molar-refractivity contribution in [2.75, 3.05) is 6.26 Å². The molecule has 0 aliphatic heterocycles. The lowest BCUT2D eigenvalue weighted by atomic mass is 10.00. The Bertz CT molecular complexity index is 1090. The predicted molar refractivity (Wildman–Crippen MR) is 105 cm³/mol.